The third kappa shape index (κ3) is 3.19. The number of benzene rings is 1. The molecule has 1 N–H and O–H groups in total. The molecule has 0 aliphatic carbocycles. The minimum atomic E-state index is -0.830. The van der Waals surface area contributed by atoms with Gasteiger partial charge in [-0.05, 0) is 30.0 Å². The van der Waals surface area contributed by atoms with Gasteiger partial charge < -0.3 is 9.90 Å². The summed E-state index contributed by atoms with van der Waals surface area (Å²) in [6.45, 7) is 3.77. The first kappa shape index (κ1) is 12.4. The number of hydrogen-bond donors (Lipinski definition) is 1. The second kappa shape index (κ2) is 5.45. The molecule has 1 rings (SSSR count). The first-order chi connectivity index (χ1) is 7.54. The number of rotatable bonds is 5. The molecular weight excluding hydrogens is 204 g/mol. The summed E-state index contributed by atoms with van der Waals surface area (Å²) in [7, 11) is 0. The summed E-state index contributed by atoms with van der Waals surface area (Å²) in [6, 6.07) is 5.61. The van der Waals surface area contributed by atoms with Crippen LogP contribution in [0.5, 0.6) is 0 Å². The van der Waals surface area contributed by atoms with Gasteiger partial charge in [0, 0.05) is 5.92 Å². The Hall–Kier alpha value is -1.64. The van der Waals surface area contributed by atoms with Crippen LogP contribution in [-0.4, -0.2) is 17.4 Å². The maximum absolute atomic E-state index is 10.7. The number of aldehydes is 1. The van der Waals surface area contributed by atoms with Crippen LogP contribution in [0.15, 0.2) is 18.2 Å². The average molecular weight is 220 g/mol. The fourth-order valence-corrected chi connectivity index (χ4v) is 1.71. The van der Waals surface area contributed by atoms with E-state index >= 15 is 0 Å². The van der Waals surface area contributed by atoms with Crippen LogP contribution in [0.2, 0.25) is 0 Å². The lowest BCUT2D eigenvalue weighted by atomic mass is 9.94. The van der Waals surface area contributed by atoms with Gasteiger partial charge in [0.1, 0.15) is 6.29 Å². The van der Waals surface area contributed by atoms with Crippen molar-refractivity contribution in [2.75, 3.05) is 0 Å². The Morgan fingerprint density at radius 3 is 2.62 bits per heavy atom. The van der Waals surface area contributed by atoms with Crippen molar-refractivity contribution in [1.82, 2.24) is 0 Å². The Bertz CT molecular complexity index is 396. The molecule has 0 spiro atoms. The molecule has 0 saturated heterocycles. The van der Waals surface area contributed by atoms with Crippen LogP contribution in [0.3, 0.4) is 0 Å². The molecule has 0 aromatic heterocycles. The lowest BCUT2D eigenvalue weighted by Gasteiger charge is -2.11. The third-order valence-electron chi connectivity index (χ3n) is 2.67. The highest BCUT2D eigenvalue weighted by Crippen LogP contribution is 2.17. The topological polar surface area (TPSA) is 54.4 Å². The quantitative estimate of drug-likeness (QED) is 0.772. The highest BCUT2D eigenvalue weighted by Gasteiger charge is 2.09. The Kier molecular flexibility index (Phi) is 4.23. The van der Waals surface area contributed by atoms with Crippen molar-refractivity contribution >= 4 is 12.3 Å². The number of carboxylic acids is 1. The largest absolute Gasteiger partial charge is 0.481 e. The number of carboxylic acid groups (broad SMARTS) is 1. The molecule has 3 heteroatoms. The number of aliphatic carboxylic acids is 1. The van der Waals surface area contributed by atoms with Gasteiger partial charge in [0.05, 0.1) is 6.42 Å². The zero-order chi connectivity index (χ0) is 12.1. The Balaban J connectivity index is 2.94. The number of hydrogen-bond acceptors (Lipinski definition) is 2. The third-order valence-corrected chi connectivity index (χ3v) is 2.67. The lowest BCUT2D eigenvalue weighted by Crippen LogP contribution is -2.07. The standard InChI is InChI=1S/C13H16O3/c1-9(8-14)6-11-4-3-5-12(10(11)2)7-13(15)16/h3-5,8-9H,6-7H2,1-2H3,(H,15,16). The molecule has 0 radical (unpaired) electrons. The summed E-state index contributed by atoms with van der Waals surface area (Å²) in [4.78, 5) is 21.2. The molecule has 86 valence electrons. The van der Waals surface area contributed by atoms with Crippen LogP contribution >= 0.6 is 0 Å². The summed E-state index contributed by atoms with van der Waals surface area (Å²) in [5.41, 5.74) is 2.86. The van der Waals surface area contributed by atoms with Gasteiger partial charge in [-0.1, -0.05) is 25.1 Å². The molecule has 3 nitrogen and oxygen atoms in total. The molecule has 0 aliphatic rings. The molecule has 0 aliphatic heterocycles. The fourth-order valence-electron chi connectivity index (χ4n) is 1.71. The van der Waals surface area contributed by atoms with Gasteiger partial charge >= 0.3 is 5.97 Å². The number of carbonyl (C=O) groups excluding carboxylic acids is 1. The highest BCUT2D eigenvalue weighted by atomic mass is 16.4. The van der Waals surface area contributed by atoms with Gasteiger partial charge in [-0.25, -0.2) is 0 Å². The molecular formula is C13H16O3. The maximum atomic E-state index is 10.7. The summed E-state index contributed by atoms with van der Waals surface area (Å²) in [6.07, 6.45) is 1.63. The summed E-state index contributed by atoms with van der Waals surface area (Å²) in [5.74, 6) is -0.859. The van der Waals surface area contributed by atoms with E-state index in [1.807, 2.05) is 32.0 Å². The first-order valence-electron chi connectivity index (χ1n) is 5.29. The van der Waals surface area contributed by atoms with Crippen molar-refractivity contribution in [3.05, 3.63) is 34.9 Å². The molecule has 16 heavy (non-hydrogen) atoms. The van der Waals surface area contributed by atoms with Crippen molar-refractivity contribution in [1.29, 1.82) is 0 Å². The molecule has 1 aromatic rings. The molecule has 0 fully saturated rings. The smallest absolute Gasteiger partial charge is 0.307 e. The molecule has 0 heterocycles. The van der Waals surface area contributed by atoms with Crippen LogP contribution in [0, 0.1) is 12.8 Å². The van der Waals surface area contributed by atoms with Gasteiger partial charge in [-0.3, -0.25) is 4.79 Å². The Labute approximate surface area is 95.1 Å². The van der Waals surface area contributed by atoms with Gasteiger partial charge in [0.2, 0.25) is 0 Å². The van der Waals surface area contributed by atoms with Crippen LogP contribution in [0.1, 0.15) is 23.6 Å². The minimum absolute atomic E-state index is 0.0289. The predicted molar refractivity (Wildman–Crippen MR) is 61.5 cm³/mol. The molecule has 0 amide bonds. The average Bonchev–Trinajstić information content (AvgIpc) is 2.23. The van der Waals surface area contributed by atoms with E-state index in [-0.39, 0.29) is 12.3 Å². The second-order valence-electron chi connectivity index (χ2n) is 4.09. The monoisotopic (exact) mass is 220 g/mol. The van der Waals surface area contributed by atoms with Gasteiger partial charge in [-0.15, -0.1) is 0 Å². The van der Waals surface area contributed by atoms with E-state index in [2.05, 4.69) is 0 Å². The van der Waals surface area contributed by atoms with Crippen LogP contribution < -0.4 is 0 Å². The van der Waals surface area contributed by atoms with E-state index in [9.17, 15) is 9.59 Å². The van der Waals surface area contributed by atoms with Gasteiger partial charge in [-0.2, -0.15) is 0 Å². The second-order valence-corrected chi connectivity index (χ2v) is 4.09. The molecule has 0 bridgehead atoms. The van der Waals surface area contributed by atoms with Gasteiger partial charge in [0.25, 0.3) is 0 Å². The summed E-state index contributed by atoms with van der Waals surface area (Å²) < 4.78 is 0. The van der Waals surface area contributed by atoms with Crippen molar-refractivity contribution in [3.8, 4) is 0 Å². The van der Waals surface area contributed by atoms with Crippen molar-refractivity contribution in [3.63, 3.8) is 0 Å². The predicted octanol–water partition coefficient (Wildman–Crippen LogP) is 2.00. The van der Waals surface area contributed by atoms with Crippen molar-refractivity contribution < 1.29 is 14.7 Å². The zero-order valence-electron chi connectivity index (χ0n) is 9.56. The minimum Gasteiger partial charge on any atom is -0.481 e. The maximum Gasteiger partial charge on any atom is 0.307 e. The summed E-state index contributed by atoms with van der Waals surface area (Å²) in [5, 5.41) is 8.75. The van der Waals surface area contributed by atoms with E-state index in [4.69, 9.17) is 5.11 Å². The molecule has 1 aromatic carbocycles. The van der Waals surface area contributed by atoms with Crippen molar-refractivity contribution in [2.45, 2.75) is 26.7 Å². The van der Waals surface area contributed by atoms with E-state index < -0.39 is 5.97 Å². The molecule has 1 atom stereocenters. The number of carbonyl (C=O) groups is 2. The first-order valence-corrected chi connectivity index (χ1v) is 5.29. The highest BCUT2D eigenvalue weighted by molar-refractivity contribution is 5.71. The van der Waals surface area contributed by atoms with Crippen LogP contribution in [0.4, 0.5) is 0 Å². The van der Waals surface area contributed by atoms with Gasteiger partial charge in [0.15, 0.2) is 0 Å². The fraction of sp³-hybridized carbons (Fsp3) is 0.385. The molecule has 0 saturated carbocycles. The van der Waals surface area contributed by atoms with E-state index in [0.29, 0.717) is 6.42 Å². The van der Waals surface area contributed by atoms with E-state index in [0.717, 1.165) is 23.0 Å². The van der Waals surface area contributed by atoms with Crippen molar-refractivity contribution in [2.24, 2.45) is 5.92 Å². The Morgan fingerprint density at radius 1 is 1.44 bits per heavy atom. The summed E-state index contributed by atoms with van der Waals surface area (Å²) >= 11 is 0. The van der Waals surface area contributed by atoms with Crippen LogP contribution in [-0.2, 0) is 22.4 Å². The van der Waals surface area contributed by atoms with E-state index in [1.165, 1.54) is 0 Å². The Morgan fingerprint density at radius 2 is 2.06 bits per heavy atom. The SMILES string of the molecule is Cc1c(CC(=O)O)cccc1CC(C)C=O. The normalized spacial score (nSPS) is 12.1. The van der Waals surface area contributed by atoms with E-state index in [1.54, 1.807) is 0 Å². The van der Waals surface area contributed by atoms with Crippen LogP contribution in [0.25, 0.3) is 0 Å². The zero-order valence-corrected chi connectivity index (χ0v) is 9.56. The lowest BCUT2D eigenvalue weighted by molar-refractivity contribution is -0.136. The molecule has 1 unspecified atom stereocenters.